The number of ether oxygens (including phenoxy) is 1. The summed E-state index contributed by atoms with van der Waals surface area (Å²) in [7, 11) is 5.44. The number of rotatable bonds is 8. The van der Waals surface area contributed by atoms with Crippen LogP contribution in [0.25, 0.3) is 0 Å². The van der Waals surface area contributed by atoms with Gasteiger partial charge in [-0.05, 0) is 48.2 Å². The average molecular weight is 473 g/mol. The number of amides is 2. The van der Waals surface area contributed by atoms with Crippen molar-refractivity contribution in [2.24, 2.45) is 0 Å². The summed E-state index contributed by atoms with van der Waals surface area (Å²) in [5.74, 6) is 1.32. The van der Waals surface area contributed by atoms with E-state index in [2.05, 4.69) is 17.1 Å². The number of hydrogen-bond acceptors (Lipinski definition) is 5. The molecule has 4 rings (SSSR count). The third-order valence-corrected chi connectivity index (χ3v) is 6.35. The van der Waals surface area contributed by atoms with Crippen molar-refractivity contribution in [3.05, 3.63) is 89.6 Å². The number of anilines is 1. The lowest BCUT2D eigenvalue weighted by Gasteiger charge is -2.41. The lowest BCUT2D eigenvalue weighted by molar-refractivity contribution is -0.139. The first-order valence-corrected chi connectivity index (χ1v) is 11.8. The first-order chi connectivity index (χ1) is 16.9. The highest BCUT2D eigenvalue weighted by molar-refractivity contribution is 5.97. The average Bonchev–Trinajstić information content (AvgIpc) is 2.89. The van der Waals surface area contributed by atoms with Crippen molar-refractivity contribution in [2.75, 3.05) is 39.2 Å². The lowest BCUT2D eigenvalue weighted by atomic mass is 10.00. The third-order valence-electron chi connectivity index (χ3n) is 6.35. The molecule has 0 unspecified atom stereocenters. The number of methoxy groups -OCH3 is 1. The summed E-state index contributed by atoms with van der Waals surface area (Å²) < 4.78 is 5.36. The first-order valence-electron chi connectivity index (χ1n) is 11.8. The minimum absolute atomic E-state index is 0.0525. The zero-order valence-electron chi connectivity index (χ0n) is 20.6. The van der Waals surface area contributed by atoms with Crippen LogP contribution < -0.4 is 9.64 Å². The summed E-state index contributed by atoms with van der Waals surface area (Å²) in [5.41, 5.74) is 2.71. The highest BCUT2D eigenvalue weighted by Crippen LogP contribution is 2.23. The van der Waals surface area contributed by atoms with E-state index < -0.39 is 0 Å². The van der Waals surface area contributed by atoms with Crippen LogP contribution in [0.2, 0.25) is 0 Å². The van der Waals surface area contributed by atoms with Crippen LogP contribution in [0.3, 0.4) is 0 Å². The number of benzene rings is 2. The highest BCUT2D eigenvalue weighted by Gasteiger charge is 2.35. The fourth-order valence-electron chi connectivity index (χ4n) is 4.40. The number of hydrogen-bond donors (Lipinski definition) is 0. The van der Waals surface area contributed by atoms with Crippen LogP contribution in [-0.4, -0.2) is 66.9 Å². The van der Waals surface area contributed by atoms with Crippen molar-refractivity contribution in [3.63, 3.8) is 0 Å². The zero-order valence-corrected chi connectivity index (χ0v) is 20.6. The van der Waals surface area contributed by atoms with E-state index in [0.717, 1.165) is 30.0 Å². The molecule has 1 saturated heterocycles. The molecule has 1 fully saturated rings. The summed E-state index contributed by atoms with van der Waals surface area (Å²) in [5, 5.41) is 0. The third kappa shape index (κ3) is 5.98. The summed E-state index contributed by atoms with van der Waals surface area (Å²) in [6, 6.07) is 21.5. The second-order valence-corrected chi connectivity index (χ2v) is 9.04. The molecule has 0 bridgehead atoms. The van der Waals surface area contributed by atoms with Crippen LogP contribution in [0, 0.1) is 0 Å². The standard InChI is InChI=1S/C28H32N4O3/c1-30(2)26-15-13-23(17-29-26)28(34)31-19-24(14-12-21-8-5-4-6-9-21)32(27(33)20-31)18-22-10-7-11-25(16-22)35-3/h4-11,13,15-17,24H,12,14,18-20H2,1-3H3/t24-/m0/s1. The molecule has 1 aliphatic rings. The van der Waals surface area contributed by atoms with Crippen LogP contribution in [0.5, 0.6) is 5.75 Å². The molecular weight excluding hydrogens is 440 g/mol. The van der Waals surface area contributed by atoms with Gasteiger partial charge in [-0.25, -0.2) is 4.98 Å². The molecule has 0 saturated carbocycles. The number of pyridine rings is 1. The molecule has 0 N–H and O–H groups in total. The van der Waals surface area contributed by atoms with Gasteiger partial charge < -0.3 is 19.4 Å². The minimum atomic E-state index is -0.165. The van der Waals surface area contributed by atoms with Crippen molar-refractivity contribution >= 4 is 17.6 Å². The molecule has 0 radical (unpaired) electrons. The summed E-state index contributed by atoms with van der Waals surface area (Å²) in [6.45, 7) is 1.02. The van der Waals surface area contributed by atoms with Crippen molar-refractivity contribution < 1.29 is 14.3 Å². The number of nitrogens with zero attached hydrogens (tertiary/aromatic N) is 4. The van der Waals surface area contributed by atoms with Gasteiger partial charge in [0.2, 0.25) is 5.91 Å². The van der Waals surface area contributed by atoms with E-state index in [1.165, 1.54) is 5.56 Å². The second kappa shape index (κ2) is 11.0. The number of aromatic nitrogens is 1. The molecule has 2 aromatic carbocycles. The molecule has 1 aromatic heterocycles. The Kier molecular flexibility index (Phi) is 7.65. The molecule has 3 aromatic rings. The largest absolute Gasteiger partial charge is 0.497 e. The summed E-state index contributed by atoms with van der Waals surface area (Å²) in [4.78, 5) is 36.4. The Hall–Kier alpha value is -3.87. The SMILES string of the molecule is COc1cccc(CN2C(=O)CN(C(=O)c3ccc(N(C)C)nc3)C[C@@H]2CCc2ccccc2)c1. The van der Waals surface area contributed by atoms with Crippen LogP contribution in [-0.2, 0) is 17.8 Å². The van der Waals surface area contributed by atoms with Crippen molar-refractivity contribution in [2.45, 2.75) is 25.4 Å². The van der Waals surface area contributed by atoms with Crippen LogP contribution in [0.1, 0.15) is 27.9 Å². The topological polar surface area (TPSA) is 66.0 Å². The molecule has 35 heavy (non-hydrogen) atoms. The van der Waals surface area contributed by atoms with E-state index >= 15 is 0 Å². The van der Waals surface area contributed by atoms with E-state index in [4.69, 9.17) is 4.74 Å². The lowest BCUT2D eigenvalue weighted by Crippen LogP contribution is -2.57. The van der Waals surface area contributed by atoms with Gasteiger partial charge in [0.05, 0.1) is 18.7 Å². The summed E-state index contributed by atoms with van der Waals surface area (Å²) in [6.07, 6.45) is 3.18. The maximum atomic E-state index is 13.3. The predicted molar refractivity (Wildman–Crippen MR) is 137 cm³/mol. The quantitative estimate of drug-likeness (QED) is 0.501. The molecule has 1 aliphatic heterocycles. The Morgan fingerprint density at radius 3 is 2.51 bits per heavy atom. The van der Waals surface area contributed by atoms with Crippen LogP contribution in [0.4, 0.5) is 5.82 Å². The van der Waals surface area contributed by atoms with Gasteiger partial charge in [-0.1, -0.05) is 42.5 Å². The summed E-state index contributed by atoms with van der Waals surface area (Å²) >= 11 is 0. The fourth-order valence-corrected chi connectivity index (χ4v) is 4.40. The van der Waals surface area contributed by atoms with Gasteiger partial charge in [0, 0.05) is 33.4 Å². The van der Waals surface area contributed by atoms with Gasteiger partial charge >= 0.3 is 0 Å². The number of aryl methyl sites for hydroxylation is 1. The Morgan fingerprint density at radius 2 is 1.83 bits per heavy atom. The smallest absolute Gasteiger partial charge is 0.255 e. The monoisotopic (exact) mass is 472 g/mol. The molecule has 0 spiro atoms. The van der Waals surface area contributed by atoms with Gasteiger partial charge in [-0.3, -0.25) is 9.59 Å². The van der Waals surface area contributed by atoms with Gasteiger partial charge in [-0.15, -0.1) is 0 Å². The molecule has 7 nitrogen and oxygen atoms in total. The maximum Gasteiger partial charge on any atom is 0.255 e. The van der Waals surface area contributed by atoms with Crippen LogP contribution in [0.15, 0.2) is 72.9 Å². The molecule has 1 atom stereocenters. The number of carbonyl (C=O) groups is 2. The van der Waals surface area contributed by atoms with E-state index in [-0.39, 0.29) is 24.4 Å². The van der Waals surface area contributed by atoms with Crippen molar-refractivity contribution in [1.82, 2.24) is 14.8 Å². The molecular formula is C28H32N4O3. The van der Waals surface area contributed by atoms with Crippen molar-refractivity contribution in [1.29, 1.82) is 0 Å². The first kappa shape index (κ1) is 24.3. The molecule has 2 amide bonds. The van der Waals surface area contributed by atoms with E-state index in [1.54, 1.807) is 24.3 Å². The van der Waals surface area contributed by atoms with Crippen LogP contribution >= 0.6 is 0 Å². The highest BCUT2D eigenvalue weighted by atomic mass is 16.5. The maximum absolute atomic E-state index is 13.3. The van der Waals surface area contributed by atoms with Gasteiger partial charge in [0.1, 0.15) is 18.1 Å². The van der Waals surface area contributed by atoms with Gasteiger partial charge in [-0.2, -0.15) is 0 Å². The van der Waals surface area contributed by atoms with E-state index in [9.17, 15) is 9.59 Å². The molecule has 7 heteroatoms. The normalized spacial score (nSPS) is 15.7. The number of piperazine rings is 1. The fraction of sp³-hybridized carbons (Fsp3) is 0.321. The Bertz CT molecular complexity index is 1150. The van der Waals surface area contributed by atoms with Gasteiger partial charge in [0.25, 0.3) is 5.91 Å². The van der Waals surface area contributed by atoms with E-state index in [1.807, 2.05) is 72.4 Å². The molecule has 0 aliphatic carbocycles. The minimum Gasteiger partial charge on any atom is -0.497 e. The molecule has 2 heterocycles. The Labute approximate surface area is 206 Å². The Morgan fingerprint density at radius 1 is 1.06 bits per heavy atom. The second-order valence-electron chi connectivity index (χ2n) is 9.04. The molecule has 182 valence electrons. The van der Waals surface area contributed by atoms with Gasteiger partial charge in [0.15, 0.2) is 0 Å². The van der Waals surface area contributed by atoms with Crippen molar-refractivity contribution in [3.8, 4) is 5.75 Å². The number of carbonyl (C=O) groups excluding carboxylic acids is 2. The zero-order chi connectivity index (χ0) is 24.8. The van der Waals surface area contributed by atoms with E-state index in [0.29, 0.717) is 18.7 Å². The Balaban J connectivity index is 1.54. The predicted octanol–water partition coefficient (Wildman–Crippen LogP) is 3.64.